The lowest BCUT2D eigenvalue weighted by molar-refractivity contribution is 0.307. The molecule has 2 aromatic carbocycles. The number of nitrogen functional groups attached to an aromatic ring is 1. The summed E-state index contributed by atoms with van der Waals surface area (Å²) in [6.07, 6.45) is 1.78. The quantitative estimate of drug-likeness (QED) is 0.527. The van der Waals surface area contributed by atoms with Gasteiger partial charge in [-0.1, -0.05) is 55.8 Å². The number of hydrogen-bond acceptors (Lipinski definition) is 5. The van der Waals surface area contributed by atoms with E-state index in [0.717, 1.165) is 52.1 Å². The van der Waals surface area contributed by atoms with Crippen molar-refractivity contribution < 1.29 is 4.74 Å². The fourth-order valence-corrected chi connectivity index (χ4v) is 3.19. The number of para-hydroxylation sites is 1. The van der Waals surface area contributed by atoms with Crippen molar-refractivity contribution in [2.45, 2.75) is 26.4 Å². The van der Waals surface area contributed by atoms with E-state index >= 15 is 0 Å². The number of nitrogens with two attached hydrogens (primary N) is 1. The third-order valence-corrected chi connectivity index (χ3v) is 4.52. The topological polar surface area (TPSA) is 73.9 Å². The van der Waals surface area contributed by atoms with Gasteiger partial charge in [-0.15, -0.1) is 0 Å². The van der Waals surface area contributed by atoms with E-state index in [1.807, 2.05) is 54.6 Å². The highest BCUT2D eigenvalue weighted by molar-refractivity contribution is 5.82. The second-order valence-electron chi connectivity index (χ2n) is 6.61. The molecule has 0 fully saturated rings. The molecular formula is C23H22N4O. The van der Waals surface area contributed by atoms with Crippen LogP contribution >= 0.6 is 0 Å². The summed E-state index contributed by atoms with van der Waals surface area (Å²) < 4.78 is 6.10. The second kappa shape index (κ2) is 8.05. The molecule has 28 heavy (non-hydrogen) atoms. The maximum absolute atomic E-state index is 6.10. The Labute approximate surface area is 164 Å². The molecule has 0 atom stereocenters. The van der Waals surface area contributed by atoms with Crippen LogP contribution in [0.3, 0.4) is 0 Å². The summed E-state index contributed by atoms with van der Waals surface area (Å²) in [5.41, 5.74) is 11.2. The summed E-state index contributed by atoms with van der Waals surface area (Å²) in [7, 11) is 0. The Bertz CT molecular complexity index is 1100. The van der Waals surface area contributed by atoms with Crippen molar-refractivity contribution in [1.82, 2.24) is 15.0 Å². The predicted octanol–water partition coefficient (Wildman–Crippen LogP) is 4.81. The van der Waals surface area contributed by atoms with Crippen LogP contribution in [0.1, 0.15) is 24.6 Å². The Morgan fingerprint density at radius 2 is 1.64 bits per heavy atom. The molecule has 0 unspecified atom stereocenters. The summed E-state index contributed by atoms with van der Waals surface area (Å²) in [5.74, 6) is 1.09. The van der Waals surface area contributed by atoms with Crippen molar-refractivity contribution >= 4 is 17.0 Å². The van der Waals surface area contributed by atoms with Gasteiger partial charge in [-0.3, -0.25) is 0 Å². The van der Waals surface area contributed by atoms with Crippen molar-refractivity contribution in [2.75, 3.05) is 5.73 Å². The minimum atomic E-state index is 0.289. The van der Waals surface area contributed by atoms with Crippen molar-refractivity contribution in [1.29, 1.82) is 0 Å². The molecule has 2 aromatic heterocycles. The highest BCUT2D eigenvalue weighted by Crippen LogP contribution is 2.31. The number of anilines is 1. The van der Waals surface area contributed by atoms with Crippen molar-refractivity contribution in [2.24, 2.45) is 0 Å². The summed E-state index contributed by atoms with van der Waals surface area (Å²) >= 11 is 0. The SMILES string of the molecule is CCCc1nc(N)nc2ccc(-c3ccccc3OCc3ccccc3)nc12. The van der Waals surface area contributed by atoms with Crippen LogP contribution in [0, 0.1) is 0 Å². The van der Waals surface area contributed by atoms with Crippen LogP contribution in [0.4, 0.5) is 5.95 Å². The molecule has 0 aliphatic carbocycles. The number of fused-ring (bicyclic) bond motifs is 1. The lowest BCUT2D eigenvalue weighted by atomic mass is 10.1. The van der Waals surface area contributed by atoms with E-state index < -0.39 is 0 Å². The zero-order valence-corrected chi connectivity index (χ0v) is 15.8. The van der Waals surface area contributed by atoms with Gasteiger partial charge in [-0.25, -0.2) is 15.0 Å². The highest BCUT2D eigenvalue weighted by atomic mass is 16.5. The number of pyridine rings is 1. The third kappa shape index (κ3) is 3.78. The smallest absolute Gasteiger partial charge is 0.220 e. The number of aromatic nitrogens is 3. The largest absolute Gasteiger partial charge is 0.488 e. The third-order valence-electron chi connectivity index (χ3n) is 4.52. The van der Waals surface area contributed by atoms with Gasteiger partial charge >= 0.3 is 0 Å². The average Bonchev–Trinajstić information content (AvgIpc) is 2.73. The Morgan fingerprint density at radius 3 is 2.46 bits per heavy atom. The molecule has 4 rings (SSSR count). The highest BCUT2D eigenvalue weighted by Gasteiger charge is 2.12. The summed E-state index contributed by atoms with van der Waals surface area (Å²) in [6, 6.07) is 22.0. The molecule has 0 saturated heterocycles. The van der Waals surface area contributed by atoms with Crippen molar-refractivity contribution in [3.05, 3.63) is 78.0 Å². The lowest BCUT2D eigenvalue weighted by Gasteiger charge is -2.12. The molecular weight excluding hydrogens is 348 g/mol. The molecule has 5 nitrogen and oxygen atoms in total. The summed E-state index contributed by atoms with van der Waals surface area (Å²) in [4.78, 5) is 13.6. The van der Waals surface area contributed by atoms with E-state index in [9.17, 15) is 0 Å². The first-order chi connectivity index (χ1) is 13.7. The minimum Gasteiger partial charge on any atom is -0.488 e. The maximum Gasteiger partial charge on any atom is 0.220 e. The molecule has 0 saturated carbocycles. The average molecular weight is 370 g/mol. The molecule has 0 spiro atoms. The van der Waals surface area contributed by atoms with Crippen molar-refractivity contribution in [3.8, 4) is 17.0 Å². The zero-order valence-electron chi connectivity index (χ0n) is 15.8. The van der Waals surface area contributed by atoms with E-state index in [0.29, 0.717) is 6.61 Å². The van der Waals surface area contributed by atoms with Crippen LogP contribution in [0.5, 0.6) is 5.75 Å². The van der Waals surface area contributed by atoms with E-state index in [1.54, 1.807) is 0 Å². The van der Waals surface area contributed by atoms with Crippen LogP contribution in [-0.4, -0.2) is 15.0 Å². The van der Waals surface area contributed by atoms with Crippen LogP contribution in [0.2, 0.25) is 0 Å². The molecule has 2 N–H and O–H groups in total. The van der Waals surface area contributed by atoms with Crippen molar-refractivity contribution in [3.63, 3.8) is 0 Å². The first kappa shape index (κ1) is 17.9. The fourth-order valence-electron chi connectivity index (χ4n) is 3.19. The fraction of sp³-hybridized carbons (Fsp3) is 0.174. The summed E-state index contributed by atoms with van der Waals surface area (Å²) in [5, 5.41) is 0. The standard InChI is InChI=1S/C23H22N4O/c1-2-8-19-22-20(27-23(24)26-19)14-13-18(25-22)17-11-6-7-12-21(17)28-15-16-9-4-3-5-10-16/h3-7,9-14H,2,8,15H2,1H3,(H2,24,26,27). The Morgan fingerprint density at radius 1 is 0.857 bits per heavy atom. The van der Waals surface area contributed by atoms with Gasteiger partial charge in [0.05, 0.1) is 16.9 Å². The van der Waals surface area contributed by atoms with Crippen LogP contribution in [0.15, 0.2) is 66.7 Å². The molecule has 5 heteroatoms. The normalized spacial score (nSPS) is 10.9. The minimum absolute atomic E-state index is 0.289. The molecule has 140 valence electrons. The van der Waals surface area contributed by atoms with E-state index in [4.69, 9.17) is 15.5 Å². The van der Waals surface area contributed by atoms with Gasteiger partial charge in [0.2, 0.25) is 5.95 Å². The molecule has 0 aliphatic rings. The van der Waals surface area contributed by atoms with Crippen LogP contribution in [0.25, 0.3) is 22.3 Å². The van der Waals surface area contributed by atoms with Gasteiger partial charge in [-0.05, 0) is 36.2 Å². The number of rotatable bonds is 6. The predicted molar refractivity (Wildman–Crippen MR) is 112 cm³/mol. The molecule has 4 aromatic rings. The Balaban J connectivity index is 1.72. The van der Waals surface area contributed by atoms with E-state index in [2.05, 4.69) is 29.0 Å². The first-order valence-electron chi connectivity index (χ1n) is 9.44. The number of hydrogen-bond donors (Lipinski definition) is 1. The second-order valence-corrected chi connectivity index (χ2v) is 6.61. The van der Waals surface area contributed by atoms with Crippen LogP contribution < -0.4 is 10.5 Å². The van der Waals surface area contributed by atoms with Gasteiger partial charge in [-0.2, -0.15) is 0 Å². The molecule has 0 aliphatic heterocycles. The van der Waals surface area contributed by atoms with E-state index in [1.165, 1.54) is 0 Å². The monoisotopic (exact) mass is 370 g/mol. The number of aryl methyl sites for hydroxylation is 1. The van der Waals surface area contributed by atoms with Gasteiger partial charge in [0.1, 0.15) is 17.9 Å². The number of ether oxygens (including phenoxy) is 1. The van der Waals surface area contributed by atoms with Gasteiger partial charge in [0.25, 0.3) is 0 Å². The van der Waals surface area contributed by atoms with Gasteiger partial charge in [0.15, 0.2) is 0 Å². The Hall–Kier alpha value is -3.47. The van der Waals surface area contributed by atoms with Crippen LogP contribution in [-0.2, 0) is 13.0 Å². The number of benzene rings is 2. The molecule has 0 radical (unpaired) electrons. The number of nitrogens with zero attached hydrogens (tertiary/aromatic N) is 3. The summed E-state index contributed by atoms with van der Waals surface area (Å²) in [6.45, 7) is 2.62. The molecule has 0 bridgehead atoms. The maximum atomic E-state index is 6.10. The Kier molecular flexibility index (Phi) is 5.15. The molecule has 0 amide bonds. The van der Waals surface area contributed by atoms with Gasteiger partial charge in [0, 0.05) is 5.56 Å². The lowest BCUT2D eigenvalue weighted by Crippen LogP contribution is -2.03. The zero-order chi connectivity index (χ0) is 19.3. The molecule has 2 heterocycles. The van der Waals surface area contributed by atoms with Gasteiger partial charge < -0.3 is 10.5 Å². The van der Waals surface area contributed by atoms with E-state index in [-0.39, 0.29) is 5.95 Å². The first-order valence-corrected chi connectivity index (χ1v) is 9.44.